The number of hydrogen-bond acceptors (Lipinski definition) is 5. The first-order valence-electron chi connectivity index (χ1n) is 8.00. The highest BCUT2D eigenvalue weighted by Crippen LogP contribution is 2.11. The monoisotopic (exact) mass is 345 g/mol. The fraction of sp³-hybridized carbons (Fsp3) is 0.0556. The Bertz CT molecular complexity index is 992. The Labute approximate surface area is 149 Å². The molecule has 8 heteroatoms. The van der Waals surface area contributed by atoms with Crippen LogP contribution in [0.4, 0.5) is 5.82 Å². The molecule has 8 nitrogen and oxygen atoms in total. The quantitative estimate of drug-likeness (QED) is 0.598. The molecule has 0 atom stereocenters. The van der Waals surface area contributed by atoms with Crippen molar-refractivity contribution < 1.29 is 4.79 Å². The van der Waals surface area contributed by atoms with E-state index in [1.807, 2.05) is 36.5 Å². The van der Waals surface area contributed by atoms with Gasteiger partial charge in [-0.15, -0.1) is 5.10 Å². The molecule has 2 heterocycles. The molecular formula is C18H15N7O. The molecule has 4 rings (SSSR count). The van der Waals surface area contributed by atoms with Crippen molar-refractivity contribution in [1.29, 1.82) is 0 Å². The van der Waals surface area contributed by atoms with Gasteiger partial charge in [-0.2, -0.15) is 5.10 Å². The van der Waals surface area contributed by atoms with Gasteiger partial charge in [0.2, 0.25) is 0 Å². The largest absolute Gasteiger partial charge is 0.305 e. The zero-order chi connectivity index (χ0) is 17.8. The van der Waals surface area contributed by atoms with E-state index in [4.69, 9.17) is 0 Å². The van der Waals surface area contributed by atoms with Crippen LogP contribution in [0.15, 0.2) is 73.2 Å². The van der Waals surface area contributed by atoms with Gasteiger partial charge in [0, 0.05) is 17.8 Å². The molecule has 0 radical (unpaired) electrons. The molecule has 26 heavy (non-hydrogen) atoms. The van der Waals surface area contributed by atoms with Crippen molar-refractivity contribution in [3.05, 3.63) is 84.3 Å². The third-order valence-corrected chi connectivity index (χ3v) is 3.81. The Kier molecular flexibility index (Phi) is 4.21. The molecule has 0 saturated heterocycles. The molecule has 4 aromatic rings. The highest BCUT2D eigenvalue weighted by molar-refractivity contribution is 6.03. The number of amides is 1. The van der Waals surface area contributed by atoms with E-state index in [0.29, 0.717) is 17.9 Å². The standard InChI is InChI=1S/C18H15N7O/c26-18(15-6-8-16(9-7-15)25-13-19-22-23-25)20-17-10-11-24(21-17)12-14-4-2-1-3-5-14/h1-11,13H,12H2,(H,20,21,26). The number of hydrogen-bond donors (Lipinski definition) is 1. The molecule has 128 valence electrons. The molecule has 0 aliphatic heterocycles. The number of tetrazole rings is 1. The van der Waals surface area contributed by atoms with Crippen LogP contribution in [0.2, 0.25) is 0 Å². The zero-order valence-electron chi connectivity index (χ0n) is 13.7. The number of carbonyl (C=O) groups is 1. The lowest BCUT2D eigenvalue weighted by atomic mass is 10.2. The molecule has 0 aliphatic carbocycles. The van der Waals surface area contributed by atoms with E-state index in [0.717, 1.165) is 11.3 Å². The van der Waals surface area contributed by atoms with Gasteiger partial charge in [-0.05, 0) is 40.3 Å². The minimum atomic E-state index is -0.224. The lowest BCUT2D eigenvalue weighted by Gasteiger charge is -2.04. The first kappa shape index (κ1) is 15.7. The number of benzene rings is 2. The van der Waals surface area contributed by atoms with Gasteiger partial charge in [0.15, 0.2) is 5.82 Å². The third kappa shape index (κ3) is 3.48. The molecule has 0 spiro atoms. The number of aromatic nitrogens is 6. The van der Waals surface area contributed by atoms with Crippen LogP contribution in [0.3, 0.4) is 0 Å². The highest BCUT2D eigenvalue weighted by atomic mass is 16.1. The van der Waals surface area contributed by atoms with Gasteiger partial charge in [0.1, 0.15) is 6.33 Å². The molecule has 1 N–H and O–H groups in total. The van der Waals surface area contributed by atoms with Crippen molar-refractivity contribution >= 4 is 11.7 Å². The van der Waals surface area contributed by atoms with Gasteiger partial charge in [-0.3, -0.25) is 9.48 Å². The van der Waals surface area contributed by atoms with Crippen molar-refractivity contribution in [3.63, 3.8) is 0 Å². The minimum absolute atomic E-state index is 0.224. The van der Waals surface area contributed by atoms with Crippen LogP contribution in [0.25, 0.3) is 5.69 Å². The van der Waals surface area contributed by atoms with E-state index >= 15 is 0 Å². The fourth-order valence-electron chi connectivity index (χ4n) is 2.52. The summed E-state index contributed by atoms with van der Waals surface area (Å²) in [5, 5.41) is 18.2. The summed E-state index contributed by atoms with van der Waals surface area (Å²) >= 11 is 0. The van der Waals surface area contributed by atoms with Crippen LogP contribution >= 0.6 is 0 Å². The van der Waals surface area contributed by atoms with Crippen molar-refractivity contribution in [2.45, 2.75) is 6.54 Å². The van der Waals surface area contributed by atoms with E-state index in [2.05, 4.69) is 25.9 Å². The molecule has 0 aliphatic rings. The lowest BCUT2D eigenvalue weighted by molar-refractivity contribution is 0.102. The zero-order valence-corrected chi connectivity index (χ0v) is 13.7. The first-order valence-corrected chi connectivity index (χ1v) is 8.00. The number of anilines is 1. The van der Waals surface area contributed by atoms with Gasteiger partial charge in [0.05, 0.1) is 12.2 Å². The molecule has 0 bridgehead atoms. The van der Waals surface area contributed by atoms with Crippen molar-refractivity contribution in [2.75, 3.05) is 5.32 Å². The second kappa shape index (κ2) is 6.98. The summed E-state index contributed by atoms with van der Waals surface area (Å²) in [5.74, 6) is 0.286. The second-order valence-corrected chi connectivity index (χ2v) is 5.64. The number of nitrogens with one attached hydrogen (secondary N) is 1. The summed E-state index contributed by atoms with van der Waals surface area (Å²) in [5.41, 5.74) is 2.45. The summed E-state index contributed by atoms with van der Waals surface area (Å²) in [6, 6.07) is 18.8. The van der Waals surface area contributed by atoms with Gasteiger partial charge in [-0.25, -0.2) is 4.68 Å². The van der Waals surface area contributed by atoms with Gasteiger partial charge in [0.25, 0.3) is 5.91 Å². The molecule has 0 saturated carbocycles. The van der Waals surface area contributed by atoms with Gasteiger partial charge < -0.3 is 5.32 Å². The average molecular weight is 345 g/mol. The van der Waals surface area contributed by atoms with Crippen LogP contribution < -0.4 is 5.32 Å². The Morgan fingerprint density at radius 3 is 2.54 bits per heavy atom. The van der Waals surface area contributed by atoms with Crippen molar-refractivity contribution in [2.24, 2.45) is 0 Å². The molecule has 0 fully saturated rings. The minimum Gasteiger partial charge on any atom is -0.305 e. The Balaban J connectivity index is 1.42. The summed E-state index contributed by atoms with van der Waals surface area (Å²) < 4.78 is 3.30. The van der Waals surface area contributed by atoms with Crippen LogP contribution in [-0.2, 0) is 6.54 Å². The normalized spacial score (nSPS) is 10.6. The predicted octanol–water partition coefficient (Wildman–Crippen LogP) is 2.16. The lowest BCUT2D eigenvalue weighted by Crippen LogP contribution is -2.13. The van der Waals surface area contributed by atoms with Gasteiger partial charge in [-0.1, -0.05) is 30.3 Å². The third-order valence-electron chi connectivity index (χ3n) is 3.81. The summed E-state index contributed by atoms with van der Waals surface area (Å²) in [6.07, 6.45) is 3.33. The van der Waals surface area contributed by atoms with Crippen LogP contribution in [0.1, 0.15) is 15.9 Å². The predicted molar refractivity (Wildman–Crippen MR) is 94.9 cm³/mol. The second-order valence-electron chi connectivity index (χ2n) is 5.64. The van der Waals surface area contributed by atoms with E-state index < -0.39 is 0 Å². The maximum Gasteiger partial charge on any atom is 0.256 e. The van der Waals surface area contributed by atoms with E-state index in [-0.39, 0.29) is 5.91 Å². The van der Waals surface area contributed by atoms with E-state index in [9.17, 15) is 4.79 Å². The maximum atomic E-state index is 12.4. The molecule has 2 aromatic carbocycles. The Morgan fingerprint density at radius 1 is 1.00 bits per heavy atom. The fourth-order valence-corrected chi connectivity index (χ4v) is 2.52. The summed E-state index contributed by atoms with van der Waals surface area (Å²) in [6.45, 7) is 0.650. The average Bonchev–Trinajstić information content (AvgIpc) is 3.35. The summed E-state index contributed by atoms with van der Waals surface area (Å²) in [7, 11) is 0. The topological polar surface area (TPSA) is 90.5 Å². The van der Waals surface area contributed by atoms with Gasteiger partial charge >= 0.3 is 0 Å². The Morgan fingerprint density at radius 2 is 1.81 bits per heavy atom. The van der Waals surface area contributed by atoms with E-state index in [1.54, 1.807) is 35.0 Å². The molecular weight excluding hydrogens is 330 g/mol. The smallest absolute Gasteiger partial charge is 0.256 e. The maximum absolute atomic E-state index is 12.4. The SMILES string of the molecule is O=C(Nc1ccn(Cc2ccccc2)n1)c1ccc(-n2cnnn2)cc1. The number of carbonyl (C=O) groups excluding carboxylic acids is 1. The Hall–Kier alpha value is -3.81. The number of rotatable bonds is 5. The summed E-state index contributed by atoms with van der Waals surface area (Å²) in [4.78, 5) is 12.4. The number of nitrogens with zero attached hydrogens (tertiary/aromatic N) is 6. The van der Waals surface area contributed by atoms with Crippen LogP contribution in [-0.4, -0.2) is 35.9 Å². The van der Waals surface area contributed by atoms with Crippen molar-refractivity contribution in [1.82, 2.24) is 30.0 Å². The molecule has 1 amide bonds. The van der Waals surface area contributed by atoms with Crippen molar-refractivity contribution in [3.8, 4) is 5.69 Å². The van der Waals surface area contributed by atoms with E-state index in [1.165, 1.54) is 11.0 Å². The van der Waals surface area contributed by atoms with Crippen LogP contribution in [0, 0.1) is 0 Å². The first-order chi connectivity index (χ1) is 12.8. The molecule has 0 unspecified atom stereocenters. The molecule has 2 aromatic heterocycles. The highest BCUT2D eigenvalue weighted by Gasteiger charge is 2.09. The van der Waals surface area contributed by atoms with Crippen LogP contribution in [0.5, 0.6) is 0 Å².